The molecule has 30 heavy (non-hydrogen) atoms. The smallest absolute Gasteiger partial charge is 0.255 e. The molecule has 0 saturated heterocycles. The number of hydrogen-bond acceptors (Lipinski definition) is 5. The van der Waals surface area contributed by atoms with Crippen LogP contribution in [0.5, 0.6) is 0 Å². The number of thiazole rings is 1. The topological polar surface area (TPSA) is 73.0 Å². The molecule has 0 unspecified atom stereocenters. The highest BCUT2D eigenvalue weighted by Crippen LogP contribution is 2.25. The lowest BCUT2D eigenvalue weighted by atomic mass is 10.2. The lowest BCUT2D eigenvalue weighted by Crippen LogP contribution is -2.24. The molecule has 0 aliphatic heterocycles. The minimum absolute atomic E-state index is 0.147. The number of nitrogens with one attached hydrogen (secondary N) is 1. The highest BCUT2D eigenvalue weighted by Gasteiger charge is 2.20. The number of amides is 1. The fourth-order valence-electron chi connectivity index (χ4n) is 3.21. The van der Waals surface area contributed by atoms with Crippen LogP contribution < -0.4 is 5.32 Å². The van der Waals surface area contributed by atoms with E-state index in [0.29, 0.717) is 23.6 Å². The van der Waals surface area contributed by atoms with E-state index in [0.717, 1.165) is 41.4 Å². The minimum atomic E-state index is -0.147. The molecular weight excluding hydrogens is 396 g/mol. The first-order valence-electron chi connectivity index (χ1n) is 10.0. The summed E-state index contributed by atoms with van der Waals surface area (Å²) < 4.78 is 7.46. The van der Waals surface area contributed by atoms with Crippen LogP contribution in [-0.2, 0) is 6.42 Å². The van der Waals surface area contributed by atoms with Gasteiger partial charge in [0.2, 0.25) is 0 Å². The second-order valence-corrected chi connectivity index (χ2v) is 8.12. The van der Waals surface area contributed by atoms with Crippen LogP contribution in [0.4, 0.5) is 0 Å². The Hall–Kier alpha value is -3.19. The Morgan fingerprint density at radius 2 is 1.97 bits per heavy atom. The van der Waals surface area contributed by atoms with Crippen molar-refractivity contribution in [3.8, 4) is 17.1 Å². The predicted molar refractivity (Wildman–Crippen MR) is 118 cm³/mol. The number of unbranched alkanes of at least 4 members (excludes halogenated alkanes) is 1. The highest BCUT2D eigenvalue weighted by molar-refractivity contribution is 7.09. The van der Waals surface area contributed by atoms with E-state index in [4.69, 9.17) is 4.42 Å². The van der Waals surface area contributed by atoms with Crippen LogP contribution in [0, 0.1) is 13.8 Å². The van der Waals surface area contributed by atoms with E-state index in [9.17, 15) is 4.79 Å². The second kappa shape index (κ2) is 9.09. The average molecular weight is 421 g/mol. The van der Waals surface area contributed by atoms with Crippen LogP contribution in [0.25, 0.3) is 17.1 Å². The zero-order chi connectivity index (χ0) is 20.9. The quantitative estimate of drug-likeness (QED) is 0.409. The fourth-order valence-corrected chi connectivity index (χ4v) is 4.03. The van der Waals surface area contributed by atoms with Crippen molar-refractivity contribution in [2.45, 2.75) is 33.1 Å². The van der Waals surface area contributed by atoms with Gasteiger partial charge in [-0.25, -0.2) is 9.67 Å². The van der Waals surface area contributed by atoms with Crippen molar-refractivity contribution in [1.82, 2.24) is 20.1 Å². The highest BCUT2D eigenvalue weighted by atomic mass is 32.1. The van der Waals surface area contributed by atoms with Crippen molar-refractivity contribution in [3.05, 3.63) is 76.1 Å². The van der Waals surface area contributed by atoms with Gasteiger partial charge in [0.15, 0.2) is 5.76 Å². The van der Waals surface area contributed by atoms with Crippen molar-refractivity contribution >= 4 is 17.2 Å². The summed E-state index contributed by atoms with van der Waals surface area (Å²) in [5, 5.41) is 10.9. The van der Waals surface area contributed by atoms with Gasteiger partial charge in [0.25, 0.3) is 5.91 Å². The van der Waals surface area contributed by atoms with E-state index >= 15 is 0 Å². The van der Waals surface area contributed by atoms with Crippen LogP contribution in [0.2, 0.25) is 0 Å². The van der Waals surface area contributed by atoms with Crippen molar-refractivity contribution in [3.63, 3.8) is 0 Å². The number of carbonyl (C=O) groups excluding carboxylic acids is 1. The van der Waals surface area contributed by atoms with Gasteiger partial charge < -0.3 is 9.73 Å². The summed E-state index contributed by atoms with van der Waals surface area (Å²) in [5.41, 5.74) is 3.01. The maximum absolute atomic E-state index is 12.9. The summed E-state index contributed by atoms with van der Waals surface area (Å²) in [5.74, 6) is 1.22. The zero-order valence-electron chi connectivity index (χ0n) is 17.1. The first kappa shape index (κ1) is 20.1. The molecule has 3 aromatic heterocycles. The zero-order valence-corrected chi connectivity index (χ0v) is 17.9. The standard InChI is InChI=1S/C23H24N4O2S/c1-16-15-30-21(25-16)10-6-7-13-24-23(28)19-14-27(18-8-4-3-5-9-18)26-22(19)20-12-11-17(2)29-20/h3-5,8-9,11-12,14-15H,6-7,10,13H2,1-2H3,(H,24,28). The molecule has 6 nitrogen and oxygen atoms in total. The summed E-state index contributed by atoms with van der Waals surface area (Å²) in [6.07, 6.45) is 4.58. The molecule has 1 N–H and O–H groups in total. The Kier molecular flexibility index (Phi) is 6.09. The molecule has 1 aromatic carbocycles. The second-order valence-electron chi connectivity index (χ2n) is 7.18. The summed E-state index contributed by atoms with van der Waals surface area (Å²) in [6.45, 7) is 4.49. The molecule has 0 saturated carbocycles. The average Bonchev–Trinajstić information content (AvgIpc) is 3.48. The third-order valence-electron chi connectivity index (χ3n) is 4.72. The van der Waals surface area contributed by atoms with E-state index in [-0.39, 0.29) is 5.91 Å². The van der Waals surface area contributed by atoms with Gasteiger partial charge in [-0.3, -0.25) is 4.79 Å². The van der Waals surface area contributed by atoms with Crippen LogP contribution in [0.1, 0.15) is 39.7 Å². The van der Waals surface area contributed by atoms with Crippen molar-refractivity contribution in [2.75, 3.05) is 6.54 Å². The van der Waals surface area contributed by atoms with E-state index in [1.54, 1.807) is 22.2 Å². The third-order valence-corrected chi connectivity index (χ3v) is 5.75. The molecule has 0 fully saturated rings. The molecule has 3 heterocycles. The number of para-hydroxylation sites is 1. The van der Waals surface area contributed by atoms with Crippen LogP contribution in [-0.4, -0.2) is 27.2 Å². The molecule has 0 aliphatic carbocycles. The van der Waals surface area contributed by atoms with Gasteiger partial charge in [-0.15, -0.1) is 11.3 Å². The van der Waals surface area contributed by atoms with Crippen LogP contribution in [0.3, 0.4) is 0 Å². The molecule has 1 amide bonds. The first-order valence-corrected chi connectivity index (χ1v) is 10.9. The van der Waals surface area contributed by atoms with E-state index in [1.807, 2.05) is 56.3 Å². The fraction of sp³-hybridized carbons (Fsp3) is 0.261. The Balaban J connectivity index is 1.44. The molecule has 0 aliphatic rings. The molecule has 0 radical (unpaired) electrons. The Bertz CT molecular complexity index is 1130. The normalized spacial score (nSPS) is 11.0. The number of aromatic nitrogens is 3. The van der Waals surface area contributed by atoms with E-state index in [2.05, 4.69) is 20.8 Å². The molecule has 7 heteroatoms. The van der Waals surface area contributed by atoms with Gasteiger partial charge in [-0.2, -0.15) is 5.10 Å². The van der Waals surface area contributed by atoms with Crippen LogP contribution in [0.15, 0.2) is 58.5 Å². The molecule has 0 bridgehead atoms. The van der Waals surface area contributed by atoms with Crippen molar-refractivity contribution in [1.29, 1.82) is 0 Å². The maximum atomic E-state index is 12.9. The predicted octanol–water partition coefficient (Wildman–Crippen LogP) is 4.96. The number of rotatable bonds is 8. The Morgan fingerprint density at radius 1 is 1.13 bits per heavy atom. The van der Waals surface area contributed by atoms with E-state index in [1.165, 1.54) is 0 Å². The molecule has 154 valence electrons. The molecule has 0 spiro atoms. The van der Waals surface area contributed by atoms with Gasteiger partial charge in [0.05, 0.1) is 16.3 Å². The number of benzene rings is 1. The molecule has 4 rings (SSSR count). The lowest BCUT2D eigenvalue weighted by molar-refractivity contribution is 0.0953. The largest absolute Gasteiger partial charge is 0.460 e. The maximum Gasteiger partial charge on any atom is 0.255 e. The number of carbonyl (C=O) groups is 1. The van der Waals surface area contributed by atoms with Crippen molar-refractivity contribution < 1.29 is 9.21 Å². The first-order chi connectivity index (χ1) is 14.6. The number of nitrogens with zero attached hydrogens (tertiary/aromatic N) is 3. The summed E-state index contributed by atoms with van der Waals surface area (Å²) in [4.78, 5) is 17.4. The third kappa shape index (κ3) is 4.68. The van der Waals surface area contributed by atoms with Crippen molar-refractivity contribution in [2.24, 2.45) is 0 Å². The van der Waals surface area contributed by atoms with Gasteiger partial charge in [0.1, 0.15) is 11.5 Å². The summed E-state index contributed by atoms with van der Waals surface area (Å²) in [6, 6.07) is 13.5. The SMILES string of the molecule is Cc1csc(CCCCNC(=O)c2cn(-c3ccccc3)nc2-c2ccc(C)o2)n1. The number of furan rings is 1. The van der Waals surface area contributed by atoms with Gasteiger partial charge in [0, 0.05) is 23.8 Å². The Labute approximate surface area is 179 Å². The van der Waals surface area contributed by atoms with Gasteiger partial charge in [-0.1, -0.05) is 18.2 Å². The number of hydrogen-bond donors (Lipinski definition) is 1. The monoisotopic (exact) mass is 420 g/mol. The van der Waals surface area contributed by atoms with Crippen LogP contribution >= 0.6 is 11.3 Å². The minimum Gasteiger partial charge on any atom is -0.460 e. The Morgan fingerprint density at radius 3 is 2.67 bits per heavy atom. The van der Waals surface area contributed by atoms with Gasteiger partial charge in [-0.05, 0) is 57.4 Å². The van der Waals surface area contributed by atoms with Gasteiger partial charge >= 0.3 is 0 Å². The summed E-state index contributed by atoms with van der Waals surface area (Å²) >= 11 is 1.69. The molecular formula is C23H24N4O2S. The summed E-state index contributed by atoms with van der Waals surface area (Å²) in [7, 11) is 0. The lowest BCUT2D eigenvalue weighted by Gasteiger charge is -2.04. The molecule has 0 atom stereocenters. The molecule has 4 aromatic rings. The van der Waals surface area contributed by atoms with E-state index < -0.39 is 0 Å². The number of aryl methyl sites for hydroxylation is 3.